The molecule has 1 heterocycles. The van der Waals surface area contributed by atoms with E-state index in [2.05, 4.69) is 10.2 Å². The number of esters is 1. The first-order valence-corrected chi connectivity index (χ1v) is 10.0. The summed E-state index contributed by atoms with van der Waals surface area (Å²) in [4.78, 5) is 23.5. The van der Waals surface area contributed by atoms with Crippen molar-refractivity contribution in [3.8, 4) is 17.2 Å². The van der Waals surface area contributed by atoms with Crippen molar-refractivity contribution in [2.24, 2.45) is 0 Å². The second-order valence-electron chi connectivity index (χ2n) is 6.10. The number of rotatable bonds is 9. The van der Waals surface area contributed by atoms with Gasteiger partial charge >= 0.3 is 5.97 Å². The van der Waals surface area contributed by atoms with Crippen LogP contribution in [0.15, 0.2) is 52.9 Å². The van der Waals surface area contributed by atoms with Crippen LogP contribution in [0.5, 0.6) is 5.75 Å². The van der Waals surface area contributed by atoms with Crippen molar-refractivity contribution in [2.45, 2.75) is 19.3 Å². The molecule has 0 aliphatic rings. The van der Waals surface area contributed by atoms with Crippen LogP contribution in [0.25, 0.3) is 11.5 Å². The van der Waals surface area contributed by atoms with Gasteiger partial charge in [-0.3, -0.25) is 9.59 Å². The summed E-state index contributed by atoms with van der Waals surface area (Å²) in [6.07, 6.45) is 0. The Morgan fingerprint density at radius 3 is 2.62 bits per heavy atom. The fourth-order valence-electron chi connectivity index (χ4n) is 2.55. The second kappa shape index (κ2) is 9.88. The first-order valence-electron chi connectivity index (χ1n) is 8.86. The van der Waals surface area contributed by atoms with E-state index in [0.717, 1.165) is 11.1 Å². The van der Waals surface area contributed by atoms with E-state index in [0.29, 0.717) is 23.0 Å². The second-order valence-corrected chi connectivity index (χ2v) is 7.09. The van der Waals surface area contributed by atoms with E-state index in [1.54, 1.807) is 25.3 Å². The van der Waals surface area contributed by atoms with Gasteiger partial charge in [-0.15, -0.1) is 22.0 Å². The number of hydrogen-bond donors (Lipinski definition) is 0. The molecule has 3 rings (SSSR count). The highest BCUT2D eigenvalue weighted by molar-refractivity contribution is 7.99. The quantitative estimate of drug-likeness (QED) is 0.386. The van der Waals surface area contributed by atoms with E-state index in [-0.39, 0.29) is 24.0 Å². The summed E-state index contributed by atoms with van der Waals surface area (Å²) in [5.74, 6) is 1.53. The van der Waals surface area contributed by atoms with Gasteiger partial charge in [-0.05, 0) is 37.3 Å². The summed E-state index contributed by atoms with van der Waals surface area (Å²) in [5.41, 5.74) is 2.26. The van der Waals surface area contributed by atoms with E-state index < -0.39 is 5.97 Å². The molecular weight excluding hydrogens is 392 g/mol. The maximum absolute atomic E-state index is 12.0. The summed E-state index contributed by atoms with van der Waals surface area (Å²) in [6, 6.07) is 14.6. The molecule has 3 aromatic rings. The highest BCUT2D eigenvalue weighted by Crippen LogP contribution is 2.25. The Labute approximate surface area is 172 Å². The zero-order valence-corrected chi connectivity index (χ0v) is 16.9. The fraction of sp³-hybridized carbons (Fsp3) is 0.238. The lowest BCUT2D eigenvalue weighted by Gasteiger charge is -2.09. The lowest BCUT2D eigenvalue weighted by atomic mass is 10.1. The van der Waals surface area contributed by atoms with E-state index in [4.69, 9.17) is 13.9 Å². The molecule has 29 heavy (non-hydrogen) atoms. The third kappa shape index (κ3) is 5.68. The normalized spacial score (nSPS) is 10.6. The minimum atomic E-state index is -0.392. The zero-order valence-electron chi connectivity index (χ0n) is 16.1. The summed E-state index contributed by atoms with van der Waals surface area (Å²) < 4.78 is 16.0. The van der Waals surface area contributed by atoms with Gasteiger partial charge < -0.3 is 13.9 Å². The van der Waals surface area contributed by atoms with Crippen LogP contribution < -0.4 is 4.74 Å². The predicted octanol–water partition coefficient (Wildman–Crippen LogP) is 3.92. The van der Waals surface area contributed by atoms with Crippen molar-refractivity contribution >= 4 is 23.5 Å². The van der Waals surface area contributed by atoms with Crippen LogP contribution >= 0.6 is 11.8 Å². The molecule has 7 nitrogen and oxygen atoms in total. The maximum Gasteiger partial charge on any atom is 0.316 e. The number of ether oxygens (including phenoxy) is 2. The van der Waals surface area contributed by atoms with Crippen LogP contribution in [-0.2, 0) is 21.9 Å². The van der Waals surface area contributed by atoms with Gasteiger partial charge in [0.2, 0.25) is 5.89 Å². The third-order valence-electron chi connectivity index (χ3n) is 4.01. The number of benzene rings is 2. The summed E-state index contributed by atoms with van der Waals surface area (Å²) in [6.45, 7) is 1.43. The highest BCUT2D eigenvalue weighted by atomic mass is 32.2. The Kier molecular flexibility index (Phi) is 7.02. The van der Waals surface area contributed by atoms with E-state index >= 15 is 0 Å². The molecule has 0 N–H and O–H groups in total. The minimum absolute atomic E-state index is 0.0206. The van der Waals surface area contributed by atoms with Gasteiger partial charge in [-0.25, -0.2) is 0 Å². The Bertz CT molecular complexity index is 988. The lowest BCUT2D eigenvalue weighted by molar-refractivity contribution is -0.142. The smallest absolute Gasteiger partial charge is 0.316 e. The summed E-state index contributed by atoms with van der Waals surface area (Å²) in [7, 11) is 1.57. The van der Waals surface area contributed by atoms with Crippen molar-refractivity contribution in [1.29, 1.82) is 0 Å². The Morgan fingerprint density at radius 2 is 1.90 bits per heavy atom. The van der Waals surface area contributed by atoms with Crippen LogP contribution in [0.3, 0.4) is 0 Å². The molecule has 0 spiro atoms. The third-order valence-corrected chi connectivity index (χ3v) is 4.96. The molecule has 0 atom stereocenters. The maximum atomic E-state index is 12.0. The zero-order chi connectivity index (χ0) is 20.6. The standard InChI is InChI=1S/C21H20N2O5S/c1-14(24)16-8-9-18(26-2)17(10-16)12-29-13-20(25)27-11-19-22-23-21(28-19)15-6-4-3-5-7-15/h3-10H,11-13H2,1-2H3. The van der Waals surface area contributed by atoms with Crippen molar-refractivity contribution in [2.75, 3.05) is 12.9 Å². The molecule has 0 radical (unpaired) electrons. The van der Waals surface area contributed by atoms with Gasteiger partial charge in [0.15, 0.2) is 12.4 Å². The number of carbonyl (C=O) groups excluding carboxylic acids is 2. The fourth-order valence-corrected chi connectivity index (χ4v) is 3.35. The number of carbonyl (C=O) groups is 2. The molecular formula is C21H20N2O5S. The number of methoxy groups -OCH3 is 1. The average molecular weight is 412 g/mol. The predicted molar refractivity (Wildman–Crippen MR) is 109 cm³/mol. The van der Waals surface area contributed by atoms with E-state index in [1.807, 2.05) is 30.3 Å². The highest BCUT2D eigenvalue weighted by Gasteiger charge is 2.12. The Balaban J connectivity index is 1.48. The minimum Gasteiger partial charge on any atom is -0.496 e. The number of hydrogen-bond acceptors (Lipinski definition) is 8. The summed E-state index contributed by atoms with van der Waals surface area (Å²) >= 11 is 1.37. The lowest BCUT2D eigenvalue weighted by Crippen LogP contribution is -2.08. The van der Waals surface area contributed by atoms with Gasteiger partial charge in [-0.2, -0.15) is 0 Å². The monoisotopic (exact) mass is 412 g/mol. The molecule has 2 aromatic carbocycles. The van der Waals surface area contributed by atoms with Crippen LogP contribution in [0.4, 0.5) is 0 Å². The topological polar surface area (TPSA) is 91.5 Å². The average Bonchev–Trinajstić information content (AvgIpc) is 3.22. The van der Waals surface area contributed by atoms with Gasteiger partial charge in [0, 0.05) is 22.4 Å². The number of ketones is 1. The molecule has 8 heteroatoms. The molecule has 0 unspecified atom stereocenters. The van der Waals surface area contributed by atoms with Gasteiger partial charge in [0.25, 0.3) is 5.89 Å². The molecule has 1 aromatic heterocycles. The van der Waals surface area contributed by atoms with Crippen molar-refractivity contribution < 1.29 is 23.5 Å². The molecule has 0 saturated heterocycles. The number of Topliss-reactive ketones (excluding diaryl/α,β-unsaturated/α-hetero) is 1. The molecule has 0 amide bonds. The number of thioether (sulfide) groups is 1. The van der Waals surface area contributed by atoms with Gasteiger partial charge in [0.05, 0.1) is 12.9 Å². The molecule has 0 bridgehead atoms. The number of aromatic nitrogens is 2. The molecule has 0 aliphatic heterocycles. The van der Waals surface area contributed by atoms with Gasteiger partial charge in [-0.1, -0.05) is 18.2 Å². The van der Waals surface area contributed by atoms with E-state index in [9.17, 15) is 9.59 Å². The summed E-state index contributed by atoms with van der Waals surface area (Å²) in [5, 5.41) is 7.85. The Morgan fingerprint density at radius 1 is 1.10 bits per heavy atom. The number of nitrogens with zero attached hydrogens (tertiary/aromatic N) is 2. The van der Waals surface area contributed by atoms with Gasteiger partial charge in [0.1, 0.15) is 5.75 Å². The van der Waals surface area contributed by atoms with Crippen LogP contribution in [-0.4, -0.2) is 34.8 Å². The van der Waals surface area contributed by atoms with Crippen LogP contribution in [0, 0.1) is 0 Å². The van der Waals surface area contributed by atoms with Crippen molar-refractivity contribution in [1.82, 2.24) is 10.2 Å². The van der Waals surface area contributed by atoms with Crippen LogP contribution in [0.2, 0.25) is 0 Å². The largest absolute Gasteiger partial charge is 0.496 e. The molecule has 0 fully saturated rings. The first-order chi connectivity index (χ1) is 14.1. The molecule has 150 valence electrons. The Hall–Kier alpha value is -3.13. The van der Waals surface area contributed by atoms with Crippen LogP contribution in [0.1, 0.15) is 28.7 Å². The molecule has 0 saturated carbocycles. The SMILES string of the molecule is COc1ccc(C(C)=O)cc1CSCC(=O)OCc1nnc(-c2ccccc2)o1. The van der Waals surface area contributed by atoms with Crippen molar-refractivity contribution in [3.63, 3.8) is 0 Å². The van der Waals surface area contributed by atoms with E-state index in [1.165, 1.54) is 18.7 Å². The molecule has 0 aliphatic carbocycles. The van der Waals surface area contributed by atoms with Crippen molar-refractivity contribution in [3.05, 3.63) is 65.5 Å². The first kappa shape index (κ1) is 20.6.